The molecule has 1 aromatic carbocycles. The van der Waals surface area contributed by atoms with Crippen LogP contribution >= 0.6 is 23.2 Å². The van der Waals surface area contributed by atoms with E-state index in [1.807, 2.05) is 6.92 Å². The average molecular weight is 330 g/mol. The van der Waals surface area contributed by atoms with E-state index in [4.69, 9.17) is 37.5 Å². The zero-order valence-corrected chi connectivity index (χ0v) is 13.2. The van der Waals surface area contributed by atoms with Gasteiger partial charge in [0.05, 0.1) is 21.7 Å². The summed E-state index contributed by atoms with van der Waals surface area (Å²) in [7, 11) is 0. The van der Waals surface area contributed by atoms with Crippen LogP contribution in [-0.2, 0) is 14.3 Å². The van der Waals surface area contributed by atoms with Gasteiger partial charge in [0.25, 0.3) is 0 Å². The van der Waals surface area contributed by atoms with Crippen LogP contribution in [0.2, 0.25) is 10.0 Å². The molecule has 3 atom stereocenters. The Bertz CT molecular complexity index is 523. The molecule has 21 heavy (non-hydrogen) atoms. The summed E-state index contributed by atoms with van der Waals surface area (Å²) in [4.78, 5) is 5.41. The Morgan fingerprint density at radius 2 is 2.00 bits per heavy atom. The second-order valence-corrected chi connectivity index (χ2v) is 6.08. The van der Waals surface area contributed by atoms with E-state index in [1.165, 1.54) is 0 Å². The van der Waals surface area contributed by atoms with Crippen molar-refractivity contribution >= 4 is 28.9 Å². The Morgan fingerprint density at radius 1 is 1.24 bits per heavy atom. The molecule has 0 N–H and O–H groups in total. The molecule has 2 aliphatic rings. The first kappa shape index (κ1) is 15.1. The van der Waals surface area contributed by atoms with Gasteiger partial charge in [-0.2, -0.15) is 0 Å². The predicted molar refractivity (Wildman–Crippen MR) is 81.7 cm³/mol. The van der Waals surface area contributed by atoms with Crippen LogP contribution in [0.5, 0.6) is 0 Å². The topological polar surface area (TPSA) is 40.0 Å². The second kappa shape index (κ2) is 6.53. The van der Waals surface area contributed by atoms with Crippen molar-refractivity contribution in [1.82, 2.24) is 0 Å². The summed E-state index contributed by atoms with van der Waals surface area (Å²) in [5.74, 6) is -0.0621. The van der Waals surface area contributed by atoms with Crippen LogP contribution in [0.15, 0.2) is 23.4 Å². The molecule has 0 radical (unpaired) electrons. The van der Waals surface area contributed by atoms with Gasteiger partial charge in [-0.3, -0.25) is 0 Å². The van der Waals surface area contributed by atoms with Gasteiger partial charge < -0.3 is 14.3 Å². The molecular weight excluding hydrogens is 313 g/mol. The maximum absolute atomic E-state index is 6.23. The van der Waals surface area contributed by atoms with Gasteiger partial charge in [0.15, 0.2) is 6.29 Å². The summed E-state index contributed by atoms with van der Waals surface area (Å²) in [6.45, 7) is 2.72. The van der Waals surface area contributed by atoms with Gasteiger partial charge in [-0.1, -0.05) is 41.3 Å². The minimum absolute atomic E-state index is 0.0621. The lowest BCUT2D eigenvalue weighted by molar-refractivity contribution is -0.256. The van der Waals surface area contributed by atoms with Gasteiger partial charge >= 0.3 is 0 Å². The molecule has 2 aliphatic heterocycles. The summed E-state index contributed by atoms with van der Waals surface area (Å²) < 4.78 is 11.4. The number of hydrogen-bond donors (Lipinski definition) is 0. The molecule has 0 amide bonds. The molecule has 0 bridgehead atoms. The van der Waals surface area contributed by atoms with Crippen molar-refractivity contribution in [2.24, 2.45) is 11.1 Å². The fraction of sp³-hybridized carbons (Fsp3) is 0.533. The maximum Gasteiger partial charge on any atom is 0.237 e. The Labute approximate surface area is 134 Å². The second-order valence-electron chi connectivity index (χ2n) is 5.27. The van der Waals surface area contributed by atoms with Crippen LogP contribution in [0.25, 0.3) is 0 Å². The van der Waals surface area contributed by atoms with E-state index in [0.717, 1.165) is 25.9 Å². The normalized spacial score (nSPS) is 29.1. The summed E-state index contributed by atoms with van der Waals surface area (Å²) in [5.41, 5.74) is 1.43. The molecule has 2 heterocycles. The molecule has 6 heteroatoms. The van der Waals surface area contributed by atoms with E-state index in [0.29, 0.717) is 21.3 Å². The summed E-state index contributed by atoms with van der Waals surface area (Å²) in [5, 5.41) is 5.25. The number of benzene rings is 1. The van der Waals surface area contributed by atoms with E-state index < -0.39 is 6.29 Å². The summed E-state index contributed by atoms with van der Waals surface area (Å²) in [6.07, 6.45) is 2.39. The lowest BCUT2D eigenvalue weighted by Crippen LogP contribution is -2.32. The largest absolute Gasteiger partial charge is 0.363 e. The van der Waals surface area contributed by atoms with Gasteiger partial charge in [-0.15, -0.1) is 0 Å². The fourth-order valence-electron chi connectivity index (χ4n) is 2.54. The van der Waals surface area contributed by atoms with Crippen LogP contribution in [0, 0.1) is 5.92 Å². The highest BCUT2D eigenvalue weighted by atomic mass is 35.5. The molecule has 1 aromatic rings. The lowest BCUT2D eigenvalue weighted by atomic mass is 9.98. The minimum atomic E-state index is -0.463. The maximum atomic E-state index is 6.23. The van der Waals surface area contributed by atoms with Crippen molar-refractivity contribution in [2.75, 3.05) is 6.61 Å². The quantitative estimate of drug-likeness (QED) is 0.832. The highest BCUT2D eigenvalue weighted by Gasteiger charge is 2.36. The molecule has 0 saturated carbocycles. The minimum Gasteiger partial charge on any atom is -0.363 e. The Hall–Kier alpha value is -0.810. The molecule has 4 nitrogen and oxygen atoms in total. The van der Waals surface area contributed by atoms with E-state index in [9.17, 15) is 0 Å². The molecule has 3 rings (SSSR count). The Balaban J connectivity index is 1.72. The van der Waals surface area contributed by atoms with Gasteiger partial charge in [-0.05, 0) is 31.4 Å². The summed E-state index contributed by atoms with van der Waals surface area (Å²) in [6, 6.07) is 5.38. The van der Waals surface area contributed by atoms with Crippen molar-refractivity contribution in [3.05, 3.63) is 33.8 Å². The number of oxime groups is 1. The molecule has 1 fully saturated rings. The van der Waals surface area contributed by atoms with Crippen LogP contribution in [-0.4, -0.2) is 24.9 Å². The van der Waals surface area contributed by atoms with Gasteiger partial charge in [0, 0.05) is 12.2 Å². The number of hydrogen-bond acceptors (Lipinski definition) is 4. The fourth-order valence-corrected chi connectivity index (χ4v) is 3.13. The van der Waals surface area contributed by atoms with Crippen molar-refractivity contribution in [3.63, 3.8) is 0 Å². The third-order valence-corrected chi connectivity index (χ3v) is 4.37. The third kappa shape index (κ3) is 3.19. The highest BCUT2D eigenvalue weighted by Crippen LogP contribution is 2.33. The van der Waals surface area contributed by atoms with E-state index in [-0.39, 0.29) is 12.2 Å². The molecule has 3 unspecified atom stereocenters. The number of nitrogens with zero attached hydrogens (tertiary/aromatic N) is 1. The van der Waals surface area contributed by atoms with Gasteiger partial charge in [0.2, 0.25) is 6.29 Å². The molecule has 114 valence electrons. The SMILES string of the molecule is CC1C(c2c(Cl)cccc2Cl)=NOC1OC1CCCCO1. The standard InChI is InChI=1S/C15H17Cl2NO3/c1-9-14(13-10(16)5-4-6-11(13)17)18-21-15(9)20-12-7-2-3-8-19-12/h4-6,9,12,15H,2-3,7-8H2,1H3. The van der Waals surface area contributed by atoms with E-state index in [2.05, 4.69) is 5.16 Å². The van der Waals surface area contributed by atoms with Crippen LogP contribution in [0.3, 0.4) is 0 Å². The van der Waals surface area contributed by atoms with Crippen molar-refractivity contribution < 1.29 is 14.3 Å². The molecule has 1 saturated heterocycles. The molecule has 0 spiro atoms. The van der Waals surface area contributed by atoms with Crippen molar-refractivity contribution in [3.8, 4) is 0 Å². The van der Waals surface area contributed by atoms with E-state index in [1.54, 1.807) is 18.2 Å². The average Bonchev–Trinajstić information content (AvgIpc) is 2.82. The van der Waals surface area contributed by atoms with Crippen LogP contribution < -0.4 is 0 Å². The molecule has 0 aromatic heterocycles. The monoisotopic (exact) mass is 329 g/mol. The number of ether oxygens (including phenoxy) is 2. The van der Waals surface area contributed by atoms with E-state index >= 15 is 0 Å². The van der Waals surface area contributed by atoms with Crippen LogP contribution in [0.4, 0.5) is 0 Å². The molecular formula is C15H17Cl2NO3. The smallest absolute Gasteiger partial charge is 0.237 e. The van der Waals surface area contributed by atoms with Crippen molar-refractivity contribution in [1.29, 1.82) is 0 Å². The van der Waals surface area contributed by atoms with Crippen molar-refractivity contribution in [2.45, 2.75) is 38.8 Å². The highest BCUT2D eigenvalue weighted by molar-refractivity contribution is 6.40. The number of halogens is 2. The Morgan fingerprint density at radius 3 is 2.67 bits per heavy atom. The Kier molecular flexibility index (Phi) is 4.69. The lowest BCUT2D eigenvalue weighted by Gasteiger charge is -2.26. The predicted octanol–water partition coefficient (Wildman–Crippen LogP) is 4.23. The first-order valence-corrected chi connectivity index (χ1v) is 7.87. The summed E-state index contributed by atoms with van der Waals surface area (Å²) >= 11 is 12.5. The zero-order valence-electron chi connectivity index (χ0n) is 11.7. The zero-order chi connectivity index (χ0) is 14.8. The number of rotatable bonds is 3. The first-order valence-electron chi connectivity index (χ1n) is 7.12. The first-order chi connectivity index (χ1) is 10.2. The van der Waals surface area contributed by atoms with Gasteiger partial charge in [-0.25, -0.2) is 0 Å². The molecule has 0 aliphatic carbocycles. The third-order valence-electron chi connectivity index (χ3n) is 3.74. The van der Waals surface area contributed by atoms with Crippen LogP contribution in [0.1, 0.15) is 31.7 Å². The van der Waals surface area contributed by atoms with Gasteiger partial charge in [0.1, 0.15) is 0 Å².